The molecule has 116 valence electrons. The molecule has 0 amide bonds. The summed E-state index contributed by atoms with van der Waals surface area (Å²) < 4.78 is 24.5. The summed E-state index contributed by atoms with van der Waals surface area (Å²) in [6.07, 6.45) is 0. The molecule has 0 N–H and O–H groups in total. The topological polar surface area (TPSA) is 18.5 Å². The Labute approximate surface area is 138 Å². The van der Waals surface area contributed by atoms with Gasteiger partial charge in [-0.25, -0.2) is 4.39 Å². The molecule has 1 heterocycles. The summed E-state index contributed by atoms with van der Waals surface area (Å²) >= 11 is 0. The molecular formula is C21H13FO2. The molecular weight excluding hydrogens is 303 g/mol. The van der Waals surface area contributed by atoms with Gasteiger partial charge in [-0.1, -0.05) is 42.5 Å². The third-order valence-corrected chi connectivity index (χ3v) is 4.51. The van der Waals surface area contributed by atoms with Crippen LogP contribution in [0.5, 0.6) is 11.5 Å². The van der Waals surface area contributed by atoms with Gasteiger partial charge < -0.3 is 9.47 Å². The van der Waals surface area contributed by atoms with Crippen molar-refractivity contribution in [3.63, 3.8) is 0 Å². The molecule has 0 aliphatic carbocycles. The fourth-order valence-corrected chi connectivity index (χ4v) is 3.39. The van der Waals surface area contributed by atoms with Crippen LogP contribution in [0, 0.1) is 5.82 Å². The Kier molecular flexibility index (Phi) is 2.77. The maximum atomic E-state index is 13.5. The lowest BCUT2D eigenvalue weighted by molar-refractivity contribution is 0.174. The van der Waals surface area contributed by atoms with Crippen LogP contribution in [0.3, 0.4) is 0 Å². The average molecular weight is 316 g/mol. The van der Waals surface area contributed by atoms with E-state index in [1.807, 2.05) is 36.4 Å². The fraction of sp³-hybridized carbons (Fsp3) is 0.0476. The van der Waals surface area contributed by atoms with E-state index < -0.39 is 0 Å². The summed E-state index contributed by atoms with van der Waals surface area (Å²) in [5, 5.41) is 4.11. The molecule has 0 atom stereocenters. The second-order valence-corrected chi connectivity index (χ2v) is 5.90. The Balaban J connectivity index is 1.84. The van der Waals surface area contributed by atoms with Crippen molar-refractivity contribution in [2.24, 2.45) is 0 Å². The largest absolute Gasteiger partial charge is 0.454 e. The van der Waals surface area contributed by atoms with Crippen LogP contribution in [0.15, 0.2) is 66.7 Å². The van der Waals surface area contributed by atoms with E-state index >= 15 is 0 Å². The Morgan fingerprint density at radius 1 is 0.667 bits per heavy atom. The van der Waals surface area contributed by atoms with Crippen molar-refractivity contribution in [2.75, 3.05) is 6.79 Å². The first kappa shape index (κ1) is 13.4. The highest BCUT2D eigenvalue weighted by molar-refractivity contribution is 6.06. The standard InChI is InChI=1S/C21H13FO2/c22-15-7-8-16-13(9-15)3-1-5-17(16)18-6-2-4-14-10-20-21(11-19(14)18)24-12-23-20/h1-11H,12H2. The molecule has 0 spiro atoms. The summed E-state index contributed by atoms with van der Waals surface area (Å²) in [6.45, 7) is 0.258. The zero-order valence-electron chi connectivity index (χ0n) is 12.8. The van der Waals surface area contributed by atoms with Gasteiger partial charge in [-0.2, -0.15) is 0 Å². The first-order valence-corrected chi connectivity index (χ1v) is 7.81. The zero-order valence-corrected chi connectivity index (χ0v) is 12.8. The van der Waals surface area contributed by atoms with Gasteiger partial charge in [0.2, 0.25) is 6.79 Å². The molecule has 4 aromatic rings. The molecule has 4 aromatic carbocycles. The molecule has 0 radical (unpaired) electrons. The maximum Gasteiger partial charge on any atom is 0.231 e. The molecule has 1 aliphatic rings. The smallest absolute Gasteiger partial charge is 0.231 e. The van der Waals surface area contributed by atoms with E-state index in [1.54, 1.807) is 6.07 Å². The van der Waals surface area contributed by atoms with E-state index in [2.05, 4.69) is 18.2 Å². The van der Waals surface area contributed by atoms with Crippen molar-refractivity contribution >= 4 is 21.5 Å². The van der Waals surface area contributed by atoms with Crippen LogP contribution >= 0.6 is 0 Å². The van der Waals surface area contributed by atoms with Crippen LogP contribution in [0.1, 0.15) is 0 Å². The number of ether oxygens (including phenoxy) is 2. The van der Waals surface area contributed by atoms with Crippen LogP contribution in [0.2, 0.25) is 0 Å². The molecule has 5 rings (SSSR count). The Morgan fingerprint density at radius 2 is 1.33 bits per heavy atom. The molecule has 0 saturated heterocycles. The van der Waals surface area contributed by atoms with Gasteiger partial charge in [0.05, 0.1) is 0 Å². The lowest BCUT2D eigenvalue weighted by Crippen LogP contribution is -1.92. The van der Waals surface area contributed by atoms with Gasteiger partial charge in [0, 0.05) is 0 Å². The number of fused-ring (bicyclic) bond motifs is 3. The highest BCUT2D eigenvalue weighted by Gasteiger charge is 2.16. The Morgan fingerprint density at radius 3 is 2.12 bits per heavy atom. The van der Waals surface area contributed by atoms with Crippen LogP contribution in [0.25, 0.3) is 32.7 Å². The van der Waals surface area contributed by atoms with E-state index in [1.165, 1.54) is 6.07 Å². The minimum Gasteiger partial charge on any atom is -0.454 e. The SMILES string of the molecule is Fc1ccc2c(-c3cccc4cc5c(cc34)OCO5)cccc2c1. The van der Waals surface area contributed by atoms with Gasteiger partial charge in [0.1, 0.15) is 5.82 Å². The van der Waals surface area contributed by atoms with Gasteiger partial charge in [-0.15, -0.1) is 0 Å². The van der Waals surface area contributed by atoms with Crippen LogP contribution in [-0.4, -0.2) is 6.79 Å². The zero-order chi connectivity index (χ0) is 16.1. The van der Waals surface area contributed by atoms with E-state index in [4.69, 9.17) is 9.47 Å². The van der Waals surface area contributed by atoms with Crippen molar-refractivity contribution in [1.82, 2.24) is 0 Å². The third-order valence-electron chi connectivity index (χ3n) is 4.51. The third kappa shape index (κ3) is 1.95. The average Bonchev–Trinajstić information content (AvgIpc) is 3.06. The summed E-state index contributed by atoms with van der Waals surface area (Å²) in [5.74, 6) is 1.32. The molecule has 2 nitrogen and oxygen atoms in total. The van der Waals surface area contributed by atoms with Gasteiger partial charge in [0.15, 0.2) is 11.5 Å². The Hall–Kier alpha value is -3.07. The highest BCUT2D eigenvalue weighted by Crippen LogP contribution is 2.41. The molecule has 0 fully saturated rings. The monoisotopic (exact) mass is 316 g/mol. The van der Waals surface area contributed by atoms with Crippen molar-refractivity contribution in [3.05, 3.63) is 72.5 Å². The van der Waals surface area contributed by atoms with Crippen molar-refractivity contribution in [1.29, 1.82) is 0 Å². The van der Waals surface area contributed by atoms with Gasteiger partial charge >= 0.3 is 0 Å². The van der Waals surface area contributed by atoms with E-state index in [-0.39, 0.29) is 12.6 Å². The van der Waals surface area contributed by atoms with E-state index in [9.17, 15) is 4.39 Å². The van der Waals surface area contributed by atoms with Crippen molar-refractivity contribution in [2.45, 2.75) is 0 Å². The van der Waals surface area contributed by atoms with Gasteiger partial charge in [-0.3, -0.25) is 0 Å². The molecule has 0 unspecified atom stereocenters. The van der Waals surface area contributed by atoms with Crippen molar-refractivity contribution < 1.29 is 13.9 Å². The van der Waals surface area contributed by atoms with Crippen LogP contribution in [-0.2, 0) is 0 Å². The van der Waals surface area contributed by atoms with Crippen molar-refractivity contribution in [3.8, 4) is 22.6 Å². The number of hydrogen-bond acceptors (Lipinski definition) is 2. The predicted molar refractivity (Wildman–Crippen MR) is 93.0 cm³/mol. The molecule has 1 aliphatic heterocycles. The second-order valence-electron chi connectivity index (χ2n) is 5.90. The number of hydrogen-bond donors (Lipinski definition) is 0. The lowest BCUT2D eigenvalue weighted by Gasteiger charge is -2.11. The molecule has 24 heavy (non-hydrogen) atoms. The predicted octanol–water partition coefficient (Wildman–Crippen LogP) is 5.53. The number of halogens is 1. The summed E-state index contributed by atoms with van der Waals surface area (Å²) in [7, 11) is 0. The fourth-order valence-electron chi connectivity index (χ4n) is 3.39. The minimum absolute atomic E-state index is 0.221. The van der Waals surface area contributed by atoms with E-state index in [0.717, 1.165) is 44.2 Å². The Bertz CT molecular complexity index is 1100. The van der Waals surface area contributed by atoms with E-state index in [0.29, 0.717) is 0 Å². The second kappa shape index (κ2) is 4.96. The summed E-state index contributed by atoms with van der Waals surface area (Å²) in [5.41, 5.74) is 2.18. The first-order valence-electron chi connectivity index (χ1n) is 7.81. The van der Waals surface area contributed by atoms with Gasteiger partial charge in [0.25, 0.3) is 0 Å². The molecule has 0 bridgehead atoms. The number of benzene rings is 4. The van der Waals surface area contributed by atoms with Crippen LogP contribution < -0.4 is 9.47 Å². The minimum atomic E-state index is -0.221. The highest BCUT2D eigenvalue weighted by atomic mass is 19.1. The normalized spacial score (nSPS) is 12.9. The molecule has 0 aromatic heterocycles. The lowest BCUT2D eigenvalue weighted by atomic mass is 9.94. The number of rotatable bonds is 1. The first-order chi connectivity index (χ1) is 11.8. The molecule has 0 saturated carbocycles. The maximum absolute atomic E-state index is 13.5. The summed E-state index contributed by atoms with van der Waals surface area (Å²) in [6, 6.07) is 21.1. The summed E-state index contributed by atoms with van der Waals surface area (Å²) in [4.78, 5) is 0. The van der Waals surface area contributed by atoms with Crippen LogP contribution in [0.4, 0.5) is 4.39 Å². The quantitative estimate of drug-likeness (QED) is 0.460. The van der Waals surface area contributed by atoms with Gasteiger partial charge in [-0.05, 0) is 56.9 Å². The molecule has 3 heteroatoms.